The topological polar surface area (TPSA) is 36.4 Å². The third-order valence-corrected chi connectivity index (χ3v) is 2.61. The number of aromatic nitrogens is 1. The van der Waals surface area contributed by atoms with Gasteiger partial charge in [-0.15, -0.1) is 22.9 Å². The van der Waals surface area contributed by atoms with E-state index in [2.05, 4.69) is 4.98 Å². The van der Waals surface area contributed by atoms with Crippen LogP contribution in [0.15, 0.2) is 10.9 Å². The van der Waals surface area contributed by atoms with Gasteiger partial charge in [0.25, 0.3) is 0 Å². The number of aliphatic hydroxyl groups is 1. The summed E-state index contributed by atoms with van der Waals surface area (Å²) in [5.41, 5.74) is 2.84. The first-order chi connectivity index (χ1) is 6.22. The number of likely N-dealkylation sites (N-methyl/N-ethyl adjacent to an activating group) is 1. The standard InChI is InChI=1S/C8H13ClN2OS/c1-11(4-8(12)2-9)3-7-5-13-6-10-7/h5-6,8,12H,2-4H2,1H3. The molecule has 0 spiro atoms. The third kappa shape index (κ3) is 4.04. The Balaban J connectivity index is 2.29. The number of hydrogen-bond donors (Lipinski definition) is 1. The Labute approximate surface area is 87.0 Å². The first-order valence-corrected chi connectivity index (χ1v) is 5.49. The molecule has 1 rings (SSSR count). The summed E-state index contributed by atoms with van der Waals surface area (Å²) >= 11 is 7.07. The molecule has 0 aliphatic carbocycles. The van der Waals surface area contributed by atoms with Gasteiger partial charge >= 0.3 is 0 Å². The van der Waals surface area contributed by atoms with Gasteiger partial charge in [0.2, 0.25) is 0 Å². The summed E-state index contributed by atoms with van der Waals surface area (Å²) in [7, 11) is 1.94. The monoisotopic (exact) mass is 220 g/mol. The van der Waals surface area contributed by atoms with Crippen LogP contribution in [0, 0.1) is 0 Å². The Morgan fingerprint density at radius 1 is 1.77 bits per heavy atom. The Bertz CT molecular complexity index is 230. The molecule has 1 N–H and O–H groups in total. The molecular formula is C8H13ClN2OS. The highest BCUT2D eigenvalue weighted by Gasteiger charge is 2.07. The van der Waals surface area contributed by atoms with E-state index in [-0.39, 0.29) is 5.88 Å². The molecule has 0 amide bonds. The summed E-state index contributed by atoms with van der Waals surface area (Å²) in [4.78, 5) is 6.15. The van der Waals surface area contributed by atoms with Crippen LogP contribution in [0.4, 0.5) is 0 Å². The van der Waals surface area contributed by atoms with Crippen LogP contribution in [0.2, 0.25) is 0 Å². The van der Waals surface area contributed by atoms with E-state index in [1.165, 1.54) is 0 Å². The van der Waals surface area contributed by atoms with E-state index in [0.29, 0.717) is 6.54 Å². The number of alkyl halides is 1. The molecule has 1 aromatic heterocycles. The van der Waals surface area contributed by atoms with Crippen molar-refractivity contribution in [1.29, 1.82) is 0 Å². The minimum Gasteiger partial charge on any atom is -0.391 e. The molecule has 1 aromatic rings. The highest BCUT2D eigenvalue weighted by molar-refractivity contribution is 7.07. The van der Waals surface area contributed by atoms with E-state index < -0.39 is 6.10 Å². The summed E-state index contributed by atoms with van der Waals surface area (Å²) in [5, 5.41) is 11.3. The number of hydrogen-bond acceptors (Lipinski definition) is 4. The Kier molecular flexibility index (Phi) is 4.66. The van der Waals surface area contributed by atoms with Crippen LogP contribution in [0.5, 0.6) is 0 Å². The van der Waals surface area contributed by atoms with Gasteiger partial charge in [0.15, 0.2) is 0 Å². The van der Waals surface area contributed by atoms with Crippen molar-refractivity contribution in [3.8, 4) is 0 Å². The van der Waals surface area contributed by atoms with Crippen LogP contribution in [0.25, 0.3) is 0 Å². The van der Waals surface area contributed by atoms with Gasteiger partial charge < -0.3 is 5.11 Å². The second-order valence-electron chi connectivity index (χ2n) is 2.98. The maximum atomic E-state index is 9.27. The second-order valence-corrected chi connectivity index (χ2v) is 4.01. The van der Waals surface area contributed by atoms with Crippen LogP contribution >= 0.6 is 22.9 Å². The normalized spacial score (nSPS) is 13.5. The molecular weight excluding hydrogens is 208 g/mol. The van der Waals surface area contributed by atoms with Gasteiger partial charge in [-0.25, -0.2) is 4.98 Å². The summed E-state index contributed by atoms with van der Waals surface area (Å²) in [6, 6.07) is 0. The zero-order chi connectivity index (χ0) is 9.68. The van der Waals surface area contributed by atoms with Gasteiger partial charge in [-0.05, 0) is 7.05 Å². The Morgan fingerprint density at radius 3 is 3.08 bits per heavy atom. The van der Waals surface area contributed by atoms with E-state index in [4.69, 9.17) is 11.6 Å². The van der Waals surface area contributed by atoms with E-state index in [0.717, 1.165) is 12.2 Å². The lowest BCUT2D eigenvalue weighted by Crippen LogP contribution is -2.29. The lowest BCUT2D eigenvalue weighted by atomic mass is 10.3. The number of rotatable bonds is 5. The number of halogens is 1. The predicted octanol–water partition coefficient (Wildman–Crippen LogP) is 1.17. The smallest absolute Gasteiger partial charge is 0.0802 e. The minimum absolute atomic E-state index is 0.279. The number of nitrogens with zero attached hydrogens (tertiary/aromatic N) is 2. The molecule has 0 bridgehead atoms. The maximum absolute atomic E-state index is 9.27. The van der Waals surface area contributed by atoms with Crippen LogP contribution in [0.3, 0.4) is 0 Å². The minimum atomic E-state index is -0.453. The highest BCUT2D eigenvalue weighted by atomic mass is 35.5. The van der Waals surface area contributed by atoms with E-state index in [1.54, 1.807) is 16.8 Å². The van der Waals surface area contributed by atoms with Gasteiger partial charge in [-0.2, -0.15) is 0 Å². The zero-order valence-electron chi connectivity index (χ0n) is 7.48. The summed E-state index contributed by atoms with van der Waals surface area (Å²) in [6.07, 6.45) is -0.453. The fraction of sp³-hybridized carbons (Fsp3) is 0.625. The molecule has 1 atom stereocenters. The van der Waals surface area contributed by atoms with Gasteiger partial charge in [-0.1, -0.05) is 0 Å². The first-order valence-electron chi connectivity index (χ1n) is 4.02. The van der Waals surface area contributed by atoms with Crippen molar-refractivity contribution in [3.05, 3.63) is 16.6 Å². The molecule has 0 saturated carbocycles. The van der Waals surface area contributed by atoms with Crippen LogP contribution in [-0.2, 0) is 6.54 Å². The highest BCUT2D eigenvalue weighted by Crippen LogP contribution is 2.04. The lowest BCUT2D eigenvalue weighted by Gasteiger charge is -2.17. The molecule has 1 heterocycles. The molecule has 0 aliphatic heterocycles. The Hall–Kier alpha value is -0.160. The summed E-state index contributed by atoms with van der Waals surface area (Å²) < 4.78 is 0. The van der Waals surface area contributed by atoms with E-state index >= 15 is 0 Å². The van der Waals surface area contributed by atoms with Gasteiger partial charge in [0, 0.05) is 24.3 Å². The molecule has 0 saturated heterocycles. The molecule has 0 fully saturated rings. The average molecular weight is 221 g/mol. The first kappa shape index (κ1) is 10.9. The fourth-order valence-electron chi connectivity index (χ4n) is 1.07. The van der Waals surface area contributed by atoms with Crippen molar-refractivity contribution in [2.24, 2.45) is 0 Å². The lowest BCUT2D eigenvalue weighted by molar-refractivity contribution is 0.140. The fourth-order valence-corrected chi connectivity index (χ4v) is 1.71. The Morgan fingerprint density at radius 2 is 2.54 bits per heavy atom. The maximum Gasteiger partial charge on any atom is 0.0802 e. The van der Waals surface area contributed by atoms with E-state index in [9.17, 15) is 5.11 Å². The average Bonchev–Trinajstić information content (AvgIpc) is 2.56. The van der Waals surface area contributed by atoms with Crippen molar-refractivity contribution >= 4 is 22.9 Å². The van der Waals surface area contributed by atoms with Crippen molar-refractivity contribution in [2.45, 2.75) is 12.6 Å². The zero-order valence-corrected chi connectivity index (χ0v) is 9.05. The molecule has 5 heteroatoms. The largest absolute Gasteiger partial charge is 0.391 e. The quantitative estimate of drug-likeness (QED) is 0.757. The number of thiazole rings is 1. The summed E-state index contributed by atoms with van der Waals surface area (Å²) in [6.45, 7) is 1.35. The van der Waals surface area contributed by atoms with E-state index in [1.807, 2.05) is 17.3 Å². The molecule has 0 aliphatic rings. The van der Waals surface area contributed by atoms with Crippen LogP contribution in [-0.4, -0.2) is 40.6 Å². The third-order valence-electron chi connectivity index (χ3n) is 1.62. The molecule has 74 valence electrons. The SMILES string of the molecule is CN(Cc1cscn1)CC(O)CCl. The van der Waals surface area contributed by atoms with Crippen LogP contribution in [0.1, 0.15) is 5.69 Å². The molecule has 0 aromatic carbocycles. The van der Waals surface area contributed by atoms with Crippen LogP contribution < -0.4 is 0 Å². The van der Waals surface area contributed by atoms with Crippen molar-refractivity contribution in [2.75, 3.05) is 19.5 Å². The molecule has 3 nitrogen and oxygen atoms in total. The molecule has 1 unspecified atom stereocenters. The summed E-state index contributed by atoms with van der Waals surface area (Å²) in [5.74, 6) is 0.279. The van der Waals surface area contributed by atoms with Gasteiger partial charge in [0.1, 0.15) is 0 Å². The molecule has 0 radical (unpaired) electrons. The number of aliphatic hydroxyl groups excluding tert-OH is 1. The second kappa shape index (κ2) is 5.54. The van der Waals surface area contributed by atoms with Gasteiger partial charge in [0.05, 0.1) is 17.3 Å². The predicted molar refractivity (Wildman–Crippen MR) is 55.2 cm³/mol. The van der Waals surface area contributed by atoms with Crippen molar-refractivity contribution < 1.29 is 5.11 Å². The van der Waals surface area contributed by atoms with Crippen molar-refractivity contribution in [1.82, 2.24) is 9.88 Å². The van der Waals surface area contributed by atoms with Crippen molar-refractivity contribution in [3.63, 3.8) is 0 Å². The van der Waals surface area contributed by atoms with Gasteiger partial charge in [-0.3, -0.25) is 4.90 Å². The molecule has 13 heavy (non-hydrogen) atoms.